The van der Waals surface area contributed by atoms with E-state index < -0.39 is 0 Å². The third-order valence-corrected chi connectivity index (χ3v) is 5.66. The molecule has 2 aromatic rings. The van der Waals surface area contributed by atoms with Gasteiger partial charge in [-0.25, -0.2) is 9.37 Å². The third-order valence-electron chi connectivity index (χ3n) is 5.44. The van der Waals surface area contributed by atoms with Crippen molar-refractivity contribution in [2.45, 2.75) is 12.8 Å². The maximum atomic E-state index is 13.7. The fourth-order valence-electron chi connectivity index (χ4n) is 4.04. The minimum absolute atomic E-state index is 0.124. The minimum Gasteiger partial charge on any atom is -0.356 e. The quantitative estimate of drug-likeness (QED) is 0.824. The number of benzene rings is 1. The number of carbonyl (C=O) groups is 1. The fourth-order valence-corrected chi connectivity index (χ4v) is 4.15. The molecule has 2 fully saturated rings. The number of hydrogen-bond donors (Lipinski definition) is 0. The van der Waals surface area contributed by atoms with Crippen LogP contribution in [0.1, 0.15) is 12.0 Å². The highest BCUT2D eigenvalue weighted by Gasteiger charge is 2.41. The normalized spacial score (nSPS) is 21.9. The number of aryl methyl sites for hydroxylation is 1. The number of anilines is 1. The predicted octanol–water partition coefficient (Wildman–Crippen LogP) is 3.40. The van der Waals surface area contributed by atoms with Gasteiger partial charge >= 0.3 is 0 Å². The van der Waals surface area contributed by atoms with Crippen LogP contribution in [0, 0.1) is 17.7 Å². The highest BCUT2D eigenvalue weighted by Crippen LogP contribution is 2.33. The van der Waals surface area contributed by atoms with Gasteiger partial charge in [0.1, 0.15) is 11.6 Å². The van der Waals surface area contributed by atoms with Crippen LogP contribution in [0.4, 0.5) is 10.2 Å². The van der Waals surface area contributed by atoms with E-state index in [2.05, 4.69) is 9.88 Å². The van der Waals surface area contributed by atoms with E-state index in [9.17, 15) is 9.18 Å². The minimum atomic E-state index is -0.232. The first-order chi connectivity index (χ1) is 12.6. The Morgan fingerprint density at radius 2 is 1.85 bits per heavy atom. The summed E-state index contributed by atoms with van der Waals surface area (Å²) in [5.41, 5.74) is 0.611. The summed E-state index contributed by atoms with van der Waals surface area (Å²) in [7, 11) is 0. The molecule has 0 radical (unpaired) electrons. The molecule has 2 saturated heterocycles. The van der Waals surface area contributed by atoms with Crippen LogP contribution in [-0.2, 0) is 11.2 Å². The smallest absolute Gasteiger partial charge is 0.222 e. The van der Waals surface area contributed by atoms with Crippen LogP contribution in [0.3, 0.4) is 0 Å². The van der Waals surface area contributed by atoms with Gasteiger partial charge in [0.15, 0.2) is 0 Å². The molecule has 4 nitrogen and oxygen atoms in total. The number of likely N-dealkylation sites (tertiary alicyclic amines) is 1. The number of halogens is 2. The van der Waals surface area contributed by atoms with Gasteiger partial charge in [-0.15, -0.1) is 0 Å². The highest BCUT2D eigenvalue weighted by atomic mass is 35.5. The number of carbonyl (C=O) groups excluding carboxylic acids is 1. The summed E-state index contributed by atoms with van der Waals surface area (Å²) in [5.74, 6) is 1.79. The van der Waals surface area contributed by atoms with Crippen molar-refractivity contribution in [3.05, 3.63) is 59.0 Å². The second-order valence-electron chi connectivity index (χ2n) is 7.15. The molecular weight excluding hydrogens is 353 g/mol. The second-order valence-corrected chi connectivity index (χ2v) is 7.59. The van der Waals surface area contributed by atoms with Gasteiger partial charge in [0, 0.05) is 50.6 Å². The molecule has 0 saturated carbocycles. The largest absolute Gasteiger partial charge is 0.356 e. The van der Waals surface area contributed by atoms with Gasteiger partial charge in [0.25, 0.3) is 0 Å². The molecule has 2 unspecified atom stereocenters. The first-order valence-corrected chi connectivity index (χ1v) is 9.35. The Morgan fingerprint density at radius 1 is 1.12 bits per heavy atom. The monoisotopic (exact) mass is 373 g/mol. The maximum Gasteiger partial charge on any atom is 0.222 e. The van der Waals surface area contributed by atoms with E-state index in [1.165, 1.54) is 6.07 Å². The molecule has 0 N–H and O–H groups in total. The molecule has 26 heavy (non-hydrogen) atoms. The SMILES string of the molecule is O=C(CCc1ccccc1F)N1CC2CN(c3ccc(Cl)cn3)CC2C1. The highest BCUT2D eigenvalue weighted by molar-refractivity contribution is 6.30. The van der Waals surface area contributed by atoms with Crippen molar-refractivity contribution in [3.63, 3.8) is 0 Å². The summed E-state index contributed by atoms with van der Waals surface area (Å²) < 4.78 is 13.7. The van der Waals surface area contributed by atoms with Gasteiger partial charge in [-0.3, -0.25) is 4.79 Å². The van der Waals surface area contributed by atoms with Gasteiger partial charge in [0.05, 0.1) is 5.02 Å². The number of hydrogen-bond acceptors (Lipinski definition) is 3. The van der Waals surface area contributed by atoms with E-state index in [0.29, 0.717) is 35.3 Å². The Labute approximate surface area is 157 Å². The average molecular weight is 374 g/mol. The standard InChI is InChI=1S/C20H21ClFN3O/c21-17-6-7-19(23-9-17)24-10-15-12-25(13-16(15)11-24)20(26)8-5-14-3-1-2-4-18(14)22/h1-4,6-7,9,15-16H,5,8,10-13H2. The van der Waals surface area contributed by atoms with Crippen LogP contribution in [0.15, 0.2) is 42.6 Å². The molecule has 0 spiro atoms. The molecule has 0 bridgehead atoms. The van der Waals surface area contributed by atoms with Gasteiger partial charge in [-0.1, -0.05) is 29.8 Å². The van der Waals surface area contributed by atoms with E-state index in [1.54, 1.807) is 18.3 Å². The fraction of sp³-hybridized carbons (Fsp3) is 0.400. The van der Waals surface area contributed by atoms with Crippen molar-refractivity contribution < 1.29 is 9.18 Å². The molecule has 2 aliphatic heterocycles. The molecule has 1 aromatic heterocycles. The zero-order chi connectivity index (χ0) is 18.1. The van der Waals surface area contributed by atoms with Crippen molar-refractivity contribution in [1.82, 2.24) is 9.88 Å². The van der Waals surface area contributed by atoms with Gasteiger partial charge in [0.2, 0.25) is 5.91 Å². The van der Waals surface area contributed by atoms with Gasteiger partial charge < -0.3 is 9.80 Å². The van der Waals surface area contributed by atoms with Crippen LogP contribution < -0.4 is 4.90 Å². The number of amides is 1. The lowest BCUT2D eigenvalue weighted by atomic mass is 10.0. The van der Waals surface area contributed by atoms with E-state index in [4.69, 9.17) is 11.6 Å². The van der Waals surface area contributed by atoms with E-state index in [0.717, 1.165) is 32.0 Å². The van der Waals surface area contributed by atoms with Crippen molar-refractivity contribution in [3.8, 4) is 0 Å². The lowest BCUT2D eigenvalue weighted by molar-refractivity contribution is -0.130. The van der Waals surface area contributed by atoms with E-state index in [-0.39, 0.29) is 11.7 Å². The van der Waals surface area contributed by atoms with Crippen molar-refractivity contribution in [2.24, 2.45) is 11.8 Å². The van der Waals surface area contributed by atoms with Crippen molar-refractivity contribution in [1.29, 1.82) is 0 Å². The summed E-state index contributed by atoms with van der Waals surface area (Å²) in [6, 6.07) is 10.5. The van der Waals surface area contributed by atoms with Gasteiger partial charge in [-0.2, -0.15) is 0 Å². The molecule has 1 aromatic carbocycles. The summed E-state index contributed by atoms with van der Waals surface area (Å²) >= 11 is 5.90. The van der Waals surface area contributed by atoms with Crippen LogP contribution in [0.5, 0.6) is 0 Å². The Kier molecular flexibility index (Phi) is 4.81. The Balaban J connectivity index is 1.31. The molecule has 1 amide bonds. The molecule has 3 heterocycles. The van der Waals surface area contributed by atoms with Crippen LogP contribution in [0.25, 0.3) is 0 Å². The molecule has 0 aliphatic carbocycles. The molecule has 4 rings (SSSR count). The molecule has 136 valence electrons. The van der Waals surface area contributed by atoms with Gasteiger partial charge in [-0.05, 0) is 30.2 Å². The first kappa shape index (κ1) is 17.3. The molecule has 6 heteroatoms. The van der Waals surface area contributed by atoms with Crippen molar-refractivity contribution >= 4 is 23.3 Å². The predicted molar refractivity (Wildman–Crippen MR) is 99.7 cm³/mol. The molecule has 2 aliphatic rings. The summed E-state index contributed by atoms with van der Waals surface area (Å²) in [4.78, 5) is 21.1. The zero-order valence-electron chi connectivity index (χ0n) is 14.4. The van der Waals surface area contributed by atoms with Crippen molar-refractivity contribution in [2.75, 3.05) is 31.1 Å². The number of pyridine rings is 1. The van der Waals surface area contributed by atoms with E-state index in [1.807, 2.05) is 23.1 Å². The topological polar surface area (TPSA) is 36.4 Å². The first-order valence-electron chi connectivity index (χ1n) is 8.98. The van der Waals surface area contributed by atoms with E-state index >= 15 is 0 Å². The summed E-state index contributed by atoms with van der Waals surface area (Å²) in [5, 5.41) is 0.639. The summed E-state index contributed by atoms with van der Waals surface area (Å²) in [6.07, 6.45) is 2.49. The number of aromatic nitrogens is 1. The molecule has 2 atom stereocenters. The Morgan fingerprint density at radius 3 is 2.50 bits per heavy atom. The third kappa shape index (κ3) is 3.54. The lowest BCUT2D eigenvalue weighted by Crippen LogP contribution is -2.33. The Bertz CT molecular complexity index is 784. The lowest BCUT2D eigenvalue weighted by Gasteiger charge is -2.22. The van der Waals surface area contributed by atoms with Crippen LogP contribution in [0.2, 0.25) is 5.02 Å². The molecular formula is C20H21ClFN3O. The summed E-state index contributed by atoms with van der Waals surface area (Å²) in [6.45, 7) is 3.39. The van der Waals surface area contributed by atoms with Crippen LogP contribution >= 0.6 is 11.6 Å². The van der Waals surface area contributed by atoms with Crippen LogP contribution in [-0.4, -0.2) is 42.0 Å². The number of nitrogens with zero attached hydrogens (tertiary/aromatic N) is 3. The average Bonchev–Trinajstić information content (AvgIpc) is 3.20. The number of rotatable bonds is 4. The zero-order valence-corrected chi connectivity index (χ0v) is 15.2. The Hall–Kier alpha value is -2.14. The second kappa shape index (κ2) is 7.23. The maximum absolute atomic E-state index is 13.7. The number of fused-ring (bicyclic) bond motifs is 1.